The average molecular weight is 467 g/mol. The molecule has 0 heterocycles. The summed E-state index contributed by atoms with van der Waals surface area (Å²) in [6.07, 6.45) is 2.40. The largest absolute Gasteiger partial charge is 0.465 e. The van der Waals surface area contributed by atoms with Crippen molar-refractivity contribution in [1.82, 2.24) is 0 Å². The zero-order valence-electron chi connectivity index (χ0n) is 14.0. The van der Waals surface area contributed by atoms with E-state index in [-0.39, 0.29) is 16.8 Å². The zero-order chi connectivity index (χ0) is 19.0. The molecule has 0 aliphatic carbocycles. The molecule has 8 heteroatoms. The van der Waals surface area contributed by atoms with Crippen molar-refractivity contribution >= 4 is 40.6 Å². The lowest BCUT2D eigenvalue weighted by Gasteiger charge is -2.13. The summed E-state index contributed by atoms with van der Waals surface area (Å²) >= 11 is 1.63. The Labute approximate surface area is 158 Å². The minimum Gasteiger partial charge on any atom is -0.465 e. The summed E-state index contributed by atoms with van der Waals surface area (Å²) in [5, 5.41) is 9.26. The Balaban J connectivity index is 3.19. The molecule has 0 amide bonds. The maximum atomic E-state index is 14.0. The van der Waals surface area contributed by atoms with Crippen molar-refractivity contribution in [1.29, 1.82) is 0 Å². The fraction of sp³-hybridized carbons (Fsp3) is 0.471. The van der Waals surface area contributed by atoms with Crippen molar-refractivity contribution in [3.05, 3.63) is 32.9 Å². The highest BCUT2D eigenvalue weighted by Gasteiger charge is 2.30. The second-order valence-electron chi connectivity index (χ2n) is 5.26. The highest BCUT2D eigenvalue weighted by atomic mass is 127. The van der Waals surface area contributed by atoms with Crippen molar-refractivity contribution < 1.29 is 28.2 Å². The van der Waals surface area contributed by atoms with Gasteiger partial charge in [-0.15, -0.1) is 0 Å². The number of hydrogen-bond acceptors (Lipinski definition) is 5. The molecular formula is C17H20F2INO4. The highest BCUT2D eigenvalue weighted by Crippen LogP contribution is 2.20. The van der Waals surface area contributed by atoms with E-state index in [0.717, 1.165) is 18.7 Å². The molecule has 1 aromatic rings. The second kappa shape index (κ2) is 10.5. The van der Waals surface area contributed by atoms with Crippen LogP contribution in [0.5, 0.6) is 0 Å². The normalized spacial score (nSPS) is 13.7. The maximum Gasteiger partial charge on any atom is 0.322 e. The molecule has 5 nitrogen and oxygen atoms in total. The molecule has 0 saturated carbocycles. The van der Waals surface area contributed by atoms with E-state index >= 15 is 0 Å². The van der Waals surface area contributed by atoms with Crippen molar-refractivity contribution in [3.8, 4) is 0 Å². The Morgan fingerprint density at radius 3 is 2.56 bits per heavy atom. The summed E-state index contributed by atoms with van der Waals surface area (Å²) in [7, 11) is 0. The first-order valence-corrected chi connectivity index (χ1v) is 8.93. The number of ketones is 1. The molecule has 0 fully saturated rings. The summed E-state index contributed by atoms with van der Waals surface area (Å²) in [5.41, 5.74) is -0.411. The maximum absolute atomic E-state index is 14.0. The SMILES string of the molecule is CCCC(CO)N=CC(C(=O)OCC)C(=O)c1cc(I)c(F)cc1F. The molecule has 0 spiro atoms. The van der Waals surface area contributed by atoms with Crippen LogP contribution in [0.15, 0.2) is 17.1 Å². The first-order valence-electron chi connectivity index (χ1n) is 7.85. The summed E-state index contributed by atoms with van der Waals surface area (Å²) in [4.78, 5) is 28.7. The molecule has 0 aromatic heterocycles. The van der Waals surface area contributed by atoms with Crippen LogP contribution in [0.25, 0.3) is 0 Å². The van der Waals surface area contributed by atoms with Gasteiger partial charge in [-0.25, -0.2) is 8.78 Å². The number of aliphatic hydroxyl groups is 1. The van der Waals surface area contributed by atoms with E-state index in [1.165, 1.54) is 0 Å². The minimum atomic E-state index is -1.46. The molecule has 0 aliphatic rings. The van der Waals surface area contributed by atoms with Crippen LogP contribution in [0.2, 0.25) is 0 Å². The van der Waals surface area contributed by atoms with Crippen molar-refractivity contribution in [2.45, 2.75) is 32.7 Å². The molecule has 0 bridgehead atoms. The van der Waals surface area contributed by atoms with E-state index in [1.54, 1.807) is 29.5 Å². The lowest BCUT2D eigenvalue weighted by molar-refractivity contribution is -0.143. The van der Waals surface area contributed by atoms with E-state index in [2.05, 4.69) is 4.99 Å². The van der Waals surface area contributed by atoms with Gasteiger partial charge in [0, 0.05) is 15.9 Å². The minimum absolute atomic E-state index is 0.0400. The Kier molecular flexibility index (Phi) is 9.12. The van der Waals surface area contributed by atoms with Gasteiger partial charge in [0.15, 0.2) is 11.7 Å². The van der Waals surface area contributed by atoms with Crippen molar-refractivity contribution in [2.24, 2.45) is 10.9 Å². The molecule has 0 radical (unpaired) electrons. The number of carbonyl (C=O) groups excluding carboxylic acids is 2. The number of aliphatic hydroxyl groups excluding tert-OH is 1. The Morgan fingerprint density at radius 2 is 2.00 bits per heavy atom. The summed E-state index contributed by atoms with van der Waals surface area (Å²) in [6, 6.07) is 1.18. The van der Waals surface area contributed by atoms with Crippen LogP contribution in [0.4, 0.5) is 8.78 Å². The molecule has 1 rings (SSSR count). The topological polar surface area (TPSA) is 76.0 Å². The van der Waals surface area contributed by atoms with Gasteiger partial charge in [-0.05, 0) is 42.0 Å². The van der Waals surface area contributed by atoms with E-state index < -0.39 is 40.9 Å². The van der Waals surface area contributed by atoms with Gasteiger partial charge in [0.25, 0.3) is 0 Å². The number of benzene rings is 1. The monoisotopic (exact) mass is 467 g/mol. The molecule has 2 atom stereocenters. The van der Waals surface area contributed by atoms with Gasteiger partial charge in [-0.3, -0.25) is 14.6 Å². The fourth-order valence-electron chi connectivity index (χ4n) is 2.10. The lowest BCUT2D eigenvalue weighted by Crippen LogP contribution is -2.29. The number of Topliss-reactive ketones (excluding diaryl/α,β-unsaturated/α-hetero) is 1. The third-order valence-corrected chi connectivity index (χ3v) is 4.20. The number of ether oxygens (including phenoxy) is 1. The van der Waals surface area contributed by atoms with Crippen LogP contribution < -0.4 is 0 Å². The number of rotatable bonds is 9. The number of esters is 1. The van der Waals surface area contributed by atoms with Crippen molar-refractivity contribution in [2.75, 3.05) is 13.2 Å². The quantitative estimate of drug-likeness (QED) is 0.151. The Bertz CT molecular complexity index is 652. The summed E-state index contributed by atoms with van der Waals surface area (Å²) < 4.78 is 32.3. The van der Waals surface area contributed by atoms with E-state index in [1.807, 2.05) is 6.92 Å². The Hall–Kier alpha value is -1.42. The van der Waals surface area contributed by atoms with E-state index in [9.17, 15) is 23.5 Å². The van der Waals surface area contributed by atoms with Crippen LogP contribution in [-0.2, 0) is 9.53 Å². The van der Waals surface area contributed by atoms with Crippen LogP contribution in [0, 0.1) is 21.1 Å². The van der Waals surface area contributed by atoms with Gasteiger partial charge in [-0.1, -0.05) is 13.3 Å². The fourth-order valence-corrected chi connectivity index (χ4v) is 2.57. The van der Waals surface area contributed by atoms with Gasteiger partial charge in [0.05, 0.1) is 24.8 Å². The van der Waals surface area contributed by atoms with Crippen LogP contribution in [-0.4, -0.2) is 42.3 Å². The van der Waals surface area contributed by atoms with Gasteiger partial charge < -0.3 is 9.84 Å². The third kappa shape index (κ3) is 6.10. The molecule has 1 N–H and O–H groups in total. The van der Waals surface area contributed by atoms with Gasteiger partial charge >= 0.3 is 5.97 Å². The van der Waals surface area contributed by atoms with Gasteiger partial charge in [-0.2, -0.15) is 0 Å². The van der Waals surface area contributed by atoms with Gasteiger partial charge in [0.1, 0.15) is 11.6 Å². The predicted molar refractivity (Wildman–Crippen MR) is 97.8 cm³/mol. The van der Waals surface area contributed by atoms with E-state index in [4.69, 9.17) is 4.74 Å². The summed E-state index contributed by atoms with van der Waals surface area (Å²) in [5.74, 6) is -5.05. The molecule has 0 saturated heterocycles. The molecule has 0 aliphatic heterocycles. The molecule has 138 valence electrons. The number of halogens is 3. The molecule has 1 aromatic carbocycles. The molecule has 25 heavy (non-hydrogen) atoms. The number of nitrogens with zero attached hydrogens (tertiary/aromatic N) is 1. The first kappa shape index (κ1) is 21.6. The first-order chi connectivity index (χ1) is 11.8. The zero-order valence-corrected chi connectivity index (χ0v) is 16.1. The van der Waals surface area contributed by atoms with Crippen LogP contribution in [0.3, 0.4) is 0 Å². The van der Waals surface area contributed by atoms with E-state index in [0.29, 0.717) is 12.5 Å². The Morgan fingerprint density at radius 1 is 1.32 bits per heavy atom. The molecular weight excluding hydrogens is 447 g/mol. The smallest absolute Gasteiger partial charge is 0.322 e. The third-order valence-electron chi connectivity index (χ3n) is 3.38. The number of carbonyl (C=O) groups is 2. The second-order valence-corrected chi connectivity index (χ2v) is 6.43. The molecule has 2 unspecified atom stereocenters. The predicted octanol–water partition coefficient (Wildman–Crippen LogP) is 3.16. The van der Waals surface area contributed by atoms with Crippen LogP contribution >= 0.6 is 22.6 Å². The average Bonchev–Trinajstić information content (AvgIpc) is 2.57. The van der Waals surface area contributed by atoms with Gasteiger partial charge in [0.2, 0.25) is 0 Å². The van der Waals surface area contributed by atoms with Crippen molar-refractivity contribution in [3.63, 3.8) is 0 Å². The summed E-state index contributed by atoms with van der Waals surface area (Å²) in [6.45, 7) is 3.28. The van der Waals surface area contributed by atoms with Crippen LogP contribution in [0.1, 0.15) is 37.0 Å². The number of aliphatic imine (C=N–C) groups is 1. The lowest BCUT2D eigenvalue weighted by atomic mass is 9.98. The highest BCUT2D eigenvalue weighted by molar-refractivity contribution is 14.1. The number of hydrogen-bond donors (Lipinski definition) is 1. The standard InChI is InChI=1S/C17H20F2INO4/c1-3-5-10(9-22)21-8-12(17(24)25-4-2)16(23)11-6-15(20)14(19)7-13(11)18/h6-8,10,12,22H,3-5,9H2,1-2H3.